The molecule has 0 aromatic carbocycles. The van der Waals surface area contributed by atoms with Crippen molar-refractivity contribution < 1.29 is 12.8 Å². The van der Waals surface area contributed by atoms with E-state index < -0.39 is 25.9 Å². The van der Waals surface area contributed by atoms with Crippen LogP contribution in [-0.4, -0.2) is 37.6 Å². The fourth-order valence-electron chi connectivity index (χ4n) is 2.23. The summed E-state index contributed by atoms with van der Waals surface area (Å²) in [5.41, 5.74) is -0.610. The molecule has 1 aromatic heterocycles. The van der Waals surface area contributed by atoms with Gasteiger partial charge < -0.3 is 5.32 Å². The quantitative estimate of drug-likeness (QED) is 0.683. The zero-order valence-corrected chi connectivity index (χ0v) is 12.7. The van der Waals surface area contributed by atoms with Gasteiger partial charge in [0, 0.05) is 0 Å². The molecule has 0 spiro atoms. The summed E-state index contributed by atoms with van der Waals surface area (Å²) < 4.78 is 37.4. The summed E-state index contributed by atoms with van der Waals surface area (Å²) in [7, 11) is -1.88. The molecular formula is C12H17BFN3O2S. The second-order valence-corrected chi connectivity index (χ2v) is 8.42. The van der Waals surface area contributed by atoms with E-state index in [0.29, 0.717) is 5.59 Å². The number of pyridine rings is 1. The van der Waals surface area contributed by atoms with E-state index in [9.17, 15) is 12.8 Å². The molecule has 2 rings (SSSR count). The van der Waals surface area contributed by atoms with Gasteiger partial charge in [-0.25, -0.2) is 12.8 Å². The van der Waals surface area contributed by atoms with E-state index in [0.717, 1.165) is 0 Å². The van der Waals surface area contributed by atoms with Gasteiger partial charge in [-0.05, 0) is 38.5 Å². The van der Waals surface area contributed by atoms with Crippen LogP contribution in [0.2, 0.25) is 0 Å². The van der Waals surface area contributed by atoms with Crippen LogP contribution in [-0.2, 0) is 15.4 Å². The Morgan fingerprint density at radius 1 is 1.40 bits per heavy atom. The van der Waals surface area contributed by atoms with Crippen molar-refractivity contribution in [1.29, 1.82) is 5.41 Å². The molecule has 5 nitrogen and oxygen atoms in total. The Morgan fingerprint density at radius 3 is 2.55 bits per heavy atom. The molecule has 1 aliphatic rings. The van der Waals surface area contributed by atoms with Crippen molar-refractivity contribution in [3.63, 3.8) is 0 Å². The molecule has 0 radical (unpaired) electrons. The molecule has 1 unspecified atom stereocenters. The van der Waals surface area contributed by atoms with Crippen LogP contribution in [0.4, 0.5) is 4.39 Å². The molecule has 1 aromatic rings. The van der Waals surface area contributed by atoms with Gasteiger partial charge in [0.1, 0.15) is 22.1 Å². The van der Waals surface area contributed by atoms with E-state index in [1.165, 1.54) is 26.0 Å². The Labute approximate surface area is 118 Å². The van der Waals surface area contributed by atoms with E-state index in [1.807, 2.05) is 0 Å². The molecule has 2 N–H and O–H groups in total. The summed E-state index contributed by atoms with van der Waals surface area (Å²) in [6.45, 7) is 4.49. The van der Waals surface area contributed by atoms with E-state index in [1.54, 1.807) is 14.8 Å². The monoisotopic (exact) mass is 297 g/mol. The smallest absolute Gasteiger partial charge is 0.165 e. The molecule has 0 amide bonds. The zero-order valence-electron chi connectivity index (χ0n) is 11.9. The number of rotatable bonds is 1. The molecule has 1 aliphatic heterocycles. The Bertz CT molecular complexity index is 690. The van der Waals surface area contributed by atoms with Crippen LogP contribution in [0.25, 0.3) is 0 Å². The second-order valence-electron chi connectivity index (χ2n) is 5.88. The minimum Gasteiger partial charge on any atom is -0.361 e. The average molecular weight is 297 g/mol. The first kappa shape index (κ1) is 15.0. The van der Waals surface area contributed by atoms with Crippen LogP contribution in [0.1, 0.15) is 26.5 Å². The Morgan fingerprint density at radius 2 is 2.00 bits per heavy atom. The van der Waals surface area contributed by atoms with Gasteiger partial charge in [0.15, 0.2) is 17.7 Å². The molecule has 0 saturated carbocycles. The number of aromatic nitrogens is 1. The van der Waals surface area contributed by atoms with Gasteiger partial charge in [-0.15, -0.1) is 0 Å². The summed E-state index contributed by atoms with van der Waals surface area (Å²) in [4.78, 5) is 4.12. The molecule has 8 heteroatoms. The maximum atomic E-state index is 14.0. The highest BCUT2D eigenvalue weighted by atomic mass is 32.2. The van der Waals surface area contributed by atoms with Gasteiger partial charge in [-0.3, -0.25) is 10.4 Å². The fraction of sp³-hybridized carbons (Fsp3) is 0.500. The number of hydrogen-bond donors (Lipinski definition) is 2. The average Bonchev–Trinajstić information content (AvgIpc) is 2.29. The third-order valence-corrected chi connectivity index (χ3v) is 6.48. The zero-order chi connectivity index (χ0) is 15.3. The van der Waals surface area contributed by atoms with Crippen molar-refractivity contribution in [3.05, 3.63) is 23.6 Å². The van der Waals surface area contributed by atoms with E-state index >= 15 is 0 Å². The van der Waals surface area contributed by atoms with Crippen LogP contribution in [0.3, 0.4) is 0 Å². The molecule has 1 saturated heterocycles. The van der Waals surface area contributed by atoms with Crippen LogP contribution >= 0.6 is 0 Å². The number of sulfone groups is 1. The molecule has 1 atom stereocenters. The summed E-state index contributed by atoms with van der Waals surface area (Å²) in [6, 6.07) is 2.79. The van der Waals surface area contributed by atoms with E-state index in [4.69, 9.17) is 5.41 Å². The van der Waals surface area contributed by atoms with Crippen molar-refractivity contribution in [2.75, 3.05) is 5.75 Å². The maximum Gasteiger partial charge on any atom is 0.165 e. The standard InChI is InChI=1S/C12H17BFN3O2S/c1-11(2)10(15)17-12(3,6-20(11,18)19)9-7(14)4-5-8(13)16-9/h4-5H,6,13H2,1-3H3,(H2,15,17). The molecular weight excluding hydrogens is 280 g/mol. The van der Waals surface area contributed by atoms with Crippen LogP contribution in [0.5, 0.6) is 0 Å². The topological polar surface area (TPSA) is 82.9 Å². The number of halogens is 1. The Balaban J connectivity index is 2.58. The summed E-state index contributed by atoms with van der Waals surface area (Å²) >= 11 is 0. The highest BCUT2D eigenvalue weighted by Crippen LogP contribution is 2.33. The minimum atomic E-state index is -3.59. The van der Waals surface area contributed by atoms with Gasteiger partial charge in [0.25, 0.3) is 0 Å². The third-order valence-electron chi connectivity index (χ3n) is 3.77. The molecule has 1 fully saturated rings. The number of amidine groups is 1. The first-order valence-electron chi connectivity index (χ1n) is 6.23. The predicted octanol–water partition coefficient (Wildman–Crippen LogP) is -0.532. The van der Waals surface area contributed by atoms with Crippen molar-refractivity contribution >= 4 is 29.1 Å². The lowest BCUT2D eigenvalue weighted by Gasteiger charge is -2.42. The summed E-state index contributed by atoms with van der Waals surface area (Å²) in [5, 5.41) is 10.8. The highest BCUT2D eigenvalue weighted by Gasteiger charge is 2.51. The number of nitrogens with zero attached hydrogens (tertiary/aromatic N) is 1. The van der Waals surface area contributed by atoms with Crippen LogP contribution in [0, 0.1) is 11.2 Å². The van der Waals surface area contributed by atoms with Crippen LogP contribution < -0.4 is 10.9 Å². The second kappa shape index (κ2) is 4.28. The summed E-state index contributed by atoms with van der Waals surface area (Å²) in [5.74, 6) is -1.02. The van der Waals surface area contributed by atoms with Gasteiger partial charge in [0.05, 0.1) is 11.3 Å². The molecule has 0 bridgehead atoms. The van der Waals surface area contributed by atoms with E-state index in [2.05, 4.69) is 10.3 Å². The summed E-state index contributed by atoms with van der Waals surface area (Å²) in [6.07, 6.45) is 0. The van der Waals surface area contributed by atoms with Gasteiger partial charge in [0.2, 0.25) is 0 Å². The minimum absolute atomic E-state index is 0.0290. The lowest BCUT2D eigenvalue weighted by molar-refractivity contribution is 0.410. The van der Waals surface area contributed by atoms with Gasteiger partial charge >= 0.3 is 0 Å². The largest absolute Gasteiger partial charge is 0.361 e. The molecule has 20 heavy (non-hydrogen) atoms. The maximum absolute atomic E-state index is 14.0. The van der Waals surface area contributed by atoms with Crippen molar-refractivity contribution in [3.8, 4) is 0 Å². The Hall–Kier alpha value is -1.44. The SMILES string of the molecule is Bc1ccc(F)c(C2(C)CS(=O)(=O)C(C)(C)C(=N)N2)n1. The first-order chi connectivity index (χ1) is 8.99. The van der Waals surface area contributed by atoms with Crippen molar-refractivity contribution in [2.24, 2.45) is 0 Å². The lowest BCUT2D eigenvalue weighted by Crippen LogP contribution is -2.64. The first-order valence-corrected chi connectivity index (χ1v) is 7.88. The molecule has 108 valence electrons. The van der Waals surface area contributed by atoms with E-state index in [-0.39, 0.29) is 17.3 Å². The van der Waals surface area contributed by atoms with Crippen LogP contribution in [0.15, 0.2) is 12.1 Å². The highest BCUT2D eigenvalue weighted by molar-refractivity contribution is 7.93. The van der Waals surface area contributed by atoms with Gasteiger partial charge in [-0.2, -0.15) is 0 Å². The molecule has 0 aliphatic carbocycles. The van der Waals surface area contributed by atoms with Crippen molar-refractivity contribution in [1.82, 2.24) is 10.3 Å². The third kappa shape index (κ3) is 2.11. The lowest BCUT2D eigenvalue weighted by atomic mass is 9.94. The van der Waals surface area contributed by atoms with Crippen molar-refractivity contribution in [2.45, 2.75) is 31.1 Å². The normalized spacial score (nSPS) is 27.9. The van der Waals surface area contributed by atoms with Gasteiger partial charge in [-0.1, -0.05) is 0 Å². The molecule has 2 heterocycles. The Kier molecular flexibility index (Phi) is 3.20. The fourth-order valence-corrected chi connectivity index (χ4v) is 3.92. The predicted molar refractivity (Wildman–Crippen MR) is 78.5 cm³/mol. The number of hydrogen-bond acceptors (Lipinski definition) is 4. The number of nitrogens with one attached hydrogen (secondary N) is 2.